The topological polar surface area (TPSA) is 77.8 Å². The second-order valence-electron chi connectivity index (χ2n) is 4.08. The number of carboxylic acid groups (broad SMARTS) is 1. The molecule has 1 aromatic rings. The van der Waals surface area contributed by atoms with Crippen molar-refractivity contribution in [3.63, 3.8) is 0 Å². The number of carboxylic acids is 1. The zero-order valence-electron chi connectivity index (χ0n) is 10.2. The van der Waals surface area contributed by atoms with E-state index in [0.717, 1.165) is 0 Å². The summed E-state index contributed by atoms with van der Waals surface area (Å²) in [5.74, 6) is -1.89. The van der Waals surface area contributed by atoms with E-state index in [1.807, 2.05) is 0 Å². The Morgan fingerprint density at radius 1 is 1.28 bits per heavy atom. The maximum absolute atomic E-state index is 12.1. The summed E-state index contributed by atoms with van der Waals surface area (Å²) in [5, 5.41) is 17.8. The summed E-state index contributed by atoms with van der Waals surface area (Å²) in [7, 11) is 0. The zero-order valence-corrected chi connectivity index (χ0v) is 10.2. The number of amides is 1. The summed E-state index contributed by atoms with van der Waals surface area (Å²) in [4.78, 5) is 24.3. The standard InChI is InChI=1S/C13H17NO4/c1-10(13(17)18)9-14(7-8-15)12(16)11-5-3-2-4-6-11/h2-6,10,15H,7-9H2,1H3,(H,17,18). The van der Waals surface area contributed by atoms with E-state index >= 15 is 0 Å². The van der Waals surface area contributed by atoms with Gasteiger partial charge >= 0.3 is 5.97 Å². The summed E-state index contributed by atoms with van der Waals surface area (Å²) >= 11 is 0. The van der Waals surface area contributed by atoms with Gasteiger partial charge in [0.05, 0.1) is 12.5 Å². The predicted molar refractivity (Wildman–Crippen MR) is 66.2 cm³/mol. The summed E-state index contributed by atoms with van der Waals surface area (Å²) in [6.45, 7) is 1.56. The molecule has 18 heavy (non-hydrogen) atoms. The van der Waals surface area contributed by atoms with Crippen LogP contribution in [0.15, 0.2) is 30.3 Å². The lowest BCUT2D eigenvalue weighted by Gasteiger charge is -2.23. The number of benzene rings is 1. The molecule has 0 aliphatic carbocycles. The largest absolute Gasteiger partial charge is 0.481 e. The molecule has 1 amide bonds. The van der Waals surface area contributed by atoms with Gasteiger partial charge in [-0.2, -0.15) is 0 Å². The molecule has 1 unspecified atom stereocenters. The number of hydrogen-bond donors (Lipinski definition) is 2. The number of carbonyl (C=O) groups excluding carboxylic acids is 1. The fraction of sp³-hybridized carbons (Fsp3) is 0.385. The normalized spacial score (nSPS) is 11.9. The molecule has 1 atom stereocenters. The van der Waals surface area contributed by atoms with Crippen LogP contribution in [-0.2, 0) is 4.79 Å². The molecule has 5 nitrogen and oxygen atoms in total. The van der Waals surface area contributed by atoms with Crippen molar-refractivity contribution in [1.29, 1.82) is 0 Å². The number of aliphatic hydroxyl groups excluding tert-OH is 1. The molecule has 0 bridgehead atoms. The van der Waals surface area contributed by atoms with Gasteiger partial charge in [-0.15, -0.1) is 0 Å². The van der Waals surface area contributed by atoms with Gasteiger partial charge in [-0.1, -0.05) is 25.1 Å². The molecule has 5 heteroatoms. The average Bonchev–Trinajstić information content (AvgIpc) is 2.38. The second-order valence-corrected chi connectivity index (χ2v) is 4.08. The molecule has 2 N–H and O–H groups in total. The van der Waals surface area contributed by atoms with E-state index in [9.17, 15) is 9.59 Å². The predicted octanol–water partition coefficient (Wildman–Crippen LogP) is 0.842. The smallest absolute Gasteiger partial charge is 0.308 e. The van der Waals surface area contributed by atoms with E-state index < -0.39 is 11.9 Å². The van der Waals surface area contributed by atoms with Gasteiger partial charge in [-0.3, -0.25) is 9.59 Å². The van der Waals surface area contributed by atoms with Crippen molar-refractivity contribution in [2.45, 2.75) is 6.92 Å². The number of carbonyl (C=O) groups is 2. The van der Waals surface area contributed by atoms with Gasteiger partial charge in [0.1, 0.15) is 0 Å². The van der Waals surface area contributed by atoms with Crippen molar-refractivity contribution in [3.8, 4) is 0 Å². The maximum Gasteiger partial charge on any atom is 0.308 e. The van der Waals surface area contributed by atoms with Gasteiger partial charge in [0.15, 0.2) is 0 Å². The molecule has 0 fully saturated rings. The van der Waals surface area contributed by atoms with Crippen molar-refractivity contribution < 1.29 is 19.8 Å². The molecule has 1 aromatic carbocycles. The Morgan fingerprint density at radius 2 is 1.89 bits per heavy atom. The molecule has 98 valence electrons. The summed E-state index contributed by atoms with van der Waals surface area (Å²) < 4.78 is 0. The molecule has 0 radical (unpaired) electrons. The highest BCUT2D eigenvalue weighted by atomic mass is 16.4. The Balaban J connectivity index is 2.78. The number of aliphatic carboxylic acids is 1. The van der Waals surface area contributed by atoms with Crippen molar-refractivity contribution in [2.75, 3.05) is 19.7 Å². The minimum Gasteiger partial charge on any atom is -0.481 e. The lowest BCUT2D eigenvalue weighted by molar-refractivity contribution is -0.141. The highest BCUT2D eigenvalue weighted by molar-refractivity contribution is 5.94. The second kappa shape index (κ2) is 6.76. The van der Waals surface area contributed by atoms with Crippen LogP contribution in [0.1, 0.15) is 17.3 Å². The Kier molecular flexibility index (Phi) is 5.32. The first-order valence-corrected chi connectivity index (χ1v) is 5.74. The van der Waals surface area contributed by atoms with Crippen LogP contribution in [0.3, 0.4) is 0 Å². The third-order valence-electron chi connectivity index (χ3n) is 2.59. The minimum atomic E-state index is -0.959. The maximum atomic E-state index is 12.1. The molecule has 0 heterocycles. The summed E-state index contributed by atoms with van der Waals surface area (Å²) in [6, 6.07) is 8.61. The minimum absolute atomic E-state index is 0.0869. The molecular formula is C13H17NO4. The molecule has 0 saturated heterocycles. The third kappa shape index (κ3) is 3.85. The van der Waals surface area contributed by atoms with Crippen LogP contribution < -0.4 is 0 Å². The van der Waals surface area contributed by atoms with Crippen LogP contribution in [0.25, 0.3) is 0 Å². The Morgan fingerprint density at radius 3 is 2.39 bits per heavy atom. The monoisotopic (exact) mass is 251 g/mol. The number of nitrogens with zero attached hydrogens (tertiary/aromatic N) is 1. The van der Waals surface area contributed by atoms with Crippen LogP contribution in [0.2, 0.25) is 0 Å². The first-order valence-electron chi connectivity index (χ1n) is 5.74. The van der Waals surface area contributed by atoms with Gasteiger partial charge in [-0.05, 0) is 12.1 Å². The summed E-state index contributed by atoms with van der Waals surface area (Å²) in [6.07, 6.45) is 0. The number of rotatable bonds is 6. The Hall–Kier alpha value is -1.88. The van der Waals surface area contributed by atoms with Crippen LogP contribution in [0.4, 0.5) is 0 Å². The fourth-order valence-electron chi connectivity index (χ4n) is 1.57. The molecule has 0 saturated carbocycles. The molecule has 0 spiro atoms. The van der Waals surface area contributed by atoms with Gasteiger partial charge < -0.3 is 15.1 Å². The third-order valence-corrected chi connectivity index (χ3v) is 2.59. The Labute approximate surface area is 106 Å². The lowest BCUT2D eigenvalue weighted by atomic mass is 10.1. The molecule has 0 aromatic heterocycles. The van der Waals surface area contributed by atoms with Crippen molar-refractivity contribution in [2.24, 2.45) is 5.92 Å². The van der Waals surface area contributed by atoms with Crippen LogP contribution in [0.5, 0.6) is 0 Å². The van der Waals surface area contributed by atoms with Crippen molar-refractivity contribution in [3.05, 3.63) is 35.9 Å². The van der Waals surface area contributed by atoms with E-state index in [1.165, 1.54) is 11.8 Å². The quantitative estimate of drug-likeness (QED) is 0.785. The molecule has 0 aliphatic heterocycles. The van der Waals surface area contributed by atoms with E-state index in [4.69, 9.17) is 10.2 Å². The van der Waals surface area contributed by atoms with Crippen molar-refractivity contribution >= 4 is 11.9 Å². The van der Waals surface area contributed by atoms with E-state index in [-0.39, 0.29) is 25.6 Å². The highest BCUT2D eigenvalue weighted by Gasteiger charge is 2.20. The first-order chi connectivity index (χ1) is 8.56. The first kappa shape index (κ1) is 14.2. The van der Waals surface area contributed by atoms with E-state index in [1.54, 1.807) is 30.3 Å². The molecule has 1 rings (SSSR count). The zero-order chi connectivity index (χ0) is 13.5. The van der Waals surface area contributed by atoms with Crippen LogP contribution >= 0.6 is 0 Å². The highest BCUT2D eigenvalue weighted by Crippen LogP contribution is 2.07. The van der Waals surface area contributed by atoms with Gasteiger partial charge in [0, 0.05) is 18.7 Å². The van der Waals surface area contributed by atoms with Crippen LogP contribution in [-0.4, -0.2) is 46.7 Å². The fourth-order valence-corrected chi connectivity index (χ4v) is 1.57. The van der Waals surface area contributed by atoms with E-state index in [2.05, 4.69) is 0 Å². The molecule has 0 aliphatic rings. The summed E-state index contributed by atoms with van der Waals surface area (Å²) in [5.41, 5.74) is 0.489. The van der Waals surface area contributed by atoms with Gasteiger partial charge in [-0.25, -0.2) is 0 Å². The average molecular weight is 251 g/mol. The number of hydrogen-bond acceptors (Lipinski definition) is 3. The van der Waals surface area contributed by atoms with Crippen molar-refractivity contribution in [1.82, 2.24) is 4.90 Å². The van der Waals surface area contributed by atoms with Gasteiger partial charge in [0.2, 0.25) is 0 Å². The lowest BCUT2D eigenvalue weighted by Crippen LogP contribution is -2.38. The van der Waals surface area contributed by atoms with Crippen LogP contribution in [0, 0.1) is 5.92 Å². The molecular weight excluding hydrogens is 234 g/mol. The van der Waals surface area contributed by atoms with E-state index in [0.29, 0.717) is 5.56 Å². The Bertz CT molecular complexity index is 405. The van der Waals surface area contributed by atoms with Gasteiger partial charge in [0.25, 0.3) is 5.91 Å². The SMILES string of the molecule is CC(CN(CCO)C(=O)c1ccccc1)C(=O)O. The number of aliphatic hydroxyl groups is 1.